The van der Waals surface area contributed by atoms with Gasteiger partial charge in [-0.25, -0.2) is 4.98 Å². The first-order valence-corrected chi connectivity index (χ1v) is 6.41. The van der Waals surface area contributed by atoms with Gasteiger partial charge in [0.15, 0.2) is 0 Å². The van der Waals surface area contributed by atoms with Crippen molar-refractivity contribution in [2.75, 3.05) is 0 Å². The van der Waals surface area contributed by atoms with E-state index in [9.17, 15) is 0 Å². The summed E-state index contributed by atoms with van der Waals surface area (Å²) in [4.78, 5) is 8.93. The fourth-order valence-corrected chi connectivity index (χ4v) is 2.75. The van der Waals surface area contributed by atoms with Crippen molar-refractivity contribution in [3.63, 3.8) is 0 Å². The normalized spacial score (nSPS) is 11.8. The summed E-state index contributed by atoms with van der Waals surface area (Å²) in [6.07, 6.45) is 5.02. The largest absolute Gasteiger partial charge is 0.275 e. The molecule has 6 heteroatoms. The number of halogens is 1. The van der Waals surface area contributed by atoms with Crippen LogP contribution in [0.5, 0.6) is 0 Å². The average Bonchev–Trinajstić information content (AvgIpc) is 2.77. The van der Waals surface area contributed by atoms with Gasteiger partial charge in [-0.15, -0.1) is 0 Å². The Kier molecular flexibility index (Phi) is 2.64. The number of fused-ring (bicyclic) bond motifs is 1. The zero-order chi connectivity index (χ0) is 13.4. The summed E-state index contributed by atoms with van der Waals surface area (Å²) in [5, 5.41) is 6.59. The maximum Gasteiger partial charge on any atom is 0.119 e. The second-order valence-electron chi connectivity index (χ2n) is 3.70. The third-order valence-corrected chi connectivity index (χ3v) is 3.92. The lowest BCUT2D eigenvalue weighted by Crippen LogP contribution is -1.84. The Labute approximate surface area is 114 Å². The number of hydrogen-bond acceptors (Lipinski definition) is 4. The van der Waals surface area contributed by atoms with Crippen LogP contribution < -0.4 is 0 Å². The quantitative estimate of drug-likeness (QED) is 0.722. The lowest BCUT2D eigenvalue weighted by Gasteiger charge is -2.03. The van der Waals surface area contributed by atoms with E-state index in [0.29, 0.717) is 10.0 Å². The van der Waals surface area contributed by atoms with E-state index in [0.717, 1.165) is 15.8 Å². The summed E-state index contributed by atoms with van der Waals surface area (Å²) >= 11 is 7.80. The molecule has 0 bridgehead atoms. The van der Waals surface area contributed by atoms with E-state index in [1.807, 2.05) is 25.4 Å². The van der Waals surface area contributed by atoms with Crippen molar-refractivity contribution in [2.45, 2.75) is 9.92 Å². The SMILES string of the molecule is [2H]c1cnc(Sc2ccc3nn(C)cc3c2Cl)cn1. The molecule has 3 aromatic rings. The van der Waals surface area contributed by atoms with Crippen molar-refractivity contribution in [3.05, 3.63) is 41.9 Å². The lowest BCUT2D eigenvalue weighted by atomic mass is 10.2. The summed E-state index contributed by atoms with van der Waals surface area (Å²) in [7, 11) is 1.86. The summed E-state index contributed by atoms with van der Waals surface area (Å²) in [5.74, 6) is 0. The zero-order valence-corrected chi connectivity index (χ0v) is 11.0. The van der Waals surface area contributed by atoms with Gasteiger partial charge in [0.1, 0.15) is 5.03 Å². The number of nitrogens with zero attached hydrogens (tertiary/aromatic N) is 4. The van der Waals surface area contributed by atoms with E-state index in [-0.39, 0.29) is 6.17 Å². The van der Waals surface area contributed by atoms with Crippen LogP contribution in [-0.4, -0.2) is 19.7 Å². The minimum Gasteiger partial charge on any atom is -0.275 e. The second-order valence-corrected chi connectivity index (χ2v) is 5.14. The van der Waals surface area contributed by atoms with Crippen molar-refractivity contribution in [1.82, 2.24) is 19.7 Å². The molecule has 0 spiro atoms. The van der Waals surface area contributed by atoms with Crippen molar-refractivity contribution in [3.8, 4) is 0 Å². The minimum absolute atomic E-state index is 0.151. The molecular formula is C12H9ClN4S. The zero-order valence-electron chi connectivity index (χ0n) is 10.5. The smallest absolute Gasteiger partial charge is 0.119 e. The molecule has 0 radical (unpaired) electrons. The lowest BCUT2D eigenvalue weighted by molar-refractivity contribution is 0.780. The average molecular weight is 278 g/mol. The van der Waals surface area contributed by atoms with Crippen LogP contribution in [0.1, 0.15) is 1.37 Å². The van der Waals surface area contributed by atoms with Gasteiger partial charge in [-0.3, -0.25) is 9.67 Å². The van der Waals surface area contributed by atoms with Crippen LogP contribution in [0.25, 0.3) is 10.9 Å². The summed E-state index contributed by atoms with van der Waals surface area (Å²) in [5.41, 5.74) is 0.865. The summed E-state index contributed by atoms with van der Waals surface area (Å²) in [6, 6.07) is 3.84. The van der Waals surface area contributed by atoms with E-state index in [1.165, 1.54) is 18.0 Å². The first kappa shape index (κ1) is 10.3. The molecule has 2 heterocycles. The number of rotatable bonds is 2. The second kappa shape index (κ2) is 4.59. The van der Waals surface area contributed by atoms with Gasteiger partial charge in [0.05, 0.1) is 18.1 Å². The first-order valence-electron chi connectivity index (χ1n) is 5.72. The minimum atomic E-state index is 0.151. The Morgan fingerprint density at radius 3 is 3.11 bits per heavy atom. The van der Waals surface area contributed by atoms with E-state index >= 15 is 0 Å². The van der Waals surface area contributed by atoms with E-state index in [1.54, 1.807) is 10.9 Å². The Morgan fingerprint density at radius 1 is 1.44 bits per heavy atom. The first-order chi connectivity index (χ1) is 9.13. The van der Waals surface area contributed by atoms with E-state index in [4.69, 9.17) is 13.0 Å². The molecule has 0 amide bonds. The molecule has 2 aromatic heterocycles. The topological polar surface area (TPSA) is 43.6 Å². The van der Waals surface area contributed by atoms with Crippen molar-refractivity contribution in [2.24, 2.45) is 7.05 Å². The van der Waals surface area contributed by atoms with E-state index in [2.05, 4.69) is 15.1 Å². The Bertz CT molecular complexity index is 741. The molecule has 18 heavy (non-hydrogen) atoms. The van der Waals surface area contributed by atoms with Crippen LogP contribution in [0.4, 0.5) is 0 Å². The highest BCUT2D eigenvalue weighted by molar-refractivity contribution is 7.99. The number of benzene rings is 1. The predicted octanol–water partition coefficient (Wildman–Crippen LogP) is 3.17. The molecule has 0 aliphatic heterocycles. The molecule has 0 aliphatic rings. The molecule has 0 unspecified atom stereocenters. The monoisotopic (exact) mass is 277 g/mol. The standard InChI is InChI=1S/C12H9ClN4S/c1-17-7-8-9(16-17)2-3-10(12(8)13)18-11-6-14-4-5-15-11/h2-7H,1H3/i4D. The molecular weight excluding hydrogens is 268 g/mol. The molecule has 0 saturated heterocycles. The highest BCUT2D eigenvalue weighted by Crippen LogP contribution is 2.36. The van der Waals surface area contributed by atoms with Gasteiger partial charge in [-0.2, -0.15) is 5.10 Å². The van der Waals surface area contributed by atoms with Gasteiger partial charge in [-0.1, -0.05) is 23.4 Å². The molecule has 0 atom stereocenters. The Balaban J connectivity index is 2.00. The molecule has 3 rings (SSSR count). The highest BCUT2D eigenvalue weighted by Gasteiger charge is 2.10. The van der Waals surface area contributed by atoms with Crippen molar-refractivity contribution < 1.29 is 1.37 Å². The number of aromatic nitrogens is 4. The Morgan fingerprint density at radius 2 is 2.33 bits per heavy atom. The molecule has 0 N–H and O–H groups in total. The van der Waals surface area contributed by atoms with Gasteiger partial charge < -0.3 is 0 Å². The van der Waals surface area contributed by atoms with Crippen LogP contribution >= 0.6 is 23.4 Å². The molecule has 0 fully saturated rings. The fourth-order valence-electron chi connectivity index (χ4n) is 1.65. The molecule has 90 valence electrons. The fraction of sp³-hybridized carbons (Fsp3) is 0.0833. The van der Waals surface area contributed by atoms with Gasteiger partial charge in [0.25, 0.3) is 0 Å². The van der Waals surface area contributed by atoms with Crippen molar-refractivity contribution >= 4 is 34.3 Å². The van der Waals surface area contributed by atoms with Crippen LogP contribution in [-0.2, 0) is 7.05 Å². The van der Waals surface area contributed by atoms with Gasteiger partial charge >= 0.3 is 0 Å². The van der Waals surface area contributed by atoms with E-state index < -0.39 is 0 Å². The predicted molar refractivity (Wildman–Crippen MR) is 71.9 cm³/mol. The Hall–Kier alpha value is -1.59. The third kappa shape index (κ3) is 2.07. The van der Waals surface area contributed by atoms with Crippen LogP contribution in [0, 0.1) is 0 Å². The highest BCUT2D eigenvalue weighted by atomic mass is 35.5. The molecule has 1 aromatic carbocycles. The molecule has 4 nitrogen and oxygen atoms in total. The van der Waals surface area contributed by atoms with Gasteiger partial charge in [0.2, 0.25) is 0 Å². The van der Waals surface area contributed by atoms with Crippen molar-refractivity contribution in [1.29, 1.82) is 0 Å². The summed E-state index contributed by atoms with van der Waals surface area (Å²) in [6.45, 7) is 0. The number of hydrogen-bond donors (Lipinski definition) is 0. The van der Waals surface area contributed by atoms with Gasteiger partial charge in [-0.05, 0) is 12.1 Å². The molecule has 0 aliphatic carbocycles. The van der Waals surface area contributed by atoms with Gasteiger partial charge in [0, 0.05) is 35.9 Å². The number of aryl methyl sites for hydroxylation is 1. The maximum atomic E-state index is 7.30. The van der Waals surface area contributed by atoms with Crippen LogP contribution in [0.2, 0.25) is 5.02 Å². The maximum absolute atomic E-state index is 7.30. The van der Waals surface area contributed by atoms with Crippen LogP contribution in [0.15, 0.2) is 46.8 Å². The van der Waals surface area contributed by atoms with Crippen LogP contribution in [0.3, 0.4) is 0 Å². The third-order valence-electron chi connectivity index (χ3n) is 2.42. The molecule has 0 saturated carbocycles. The summed E-state index contributed by atoms with van der Waals surface area (Å²) < 4.78 is 9.04.